The Bertz CT molecular complexity index is 692. The molecule has 106 valence electrons. The summed E-state index contributed by atoms with van der Waals surface area (Å²) in [4.78, 5) is 1.15. The third-order valence-electron chi connectivity index (χ3n) is 3.11. The highest BCUT2D eigenvalue weighted by molar-refractivity contribution is 7.98. The van der Waals surface area contributed by atoms with Crippen LogP contribution in [0.3, 0.4) is 0 Å². The summed E-state index contributed by atoms with van der Waals surface area (Å²) in [6.07, 6.45) is 0. The lowest BCUT2D eigenvalue weighted by Gasteiger charge is -2.00. The molecule has 1 N–H and O–H groups in total. The minimum atomic E-state index is 0.0780. The Labute approximate surface area is 127 Å². The van der Waals surface area contributed by atoms with Crippen molar-refractivity contribution in [3.63, 3.8) is 0 Å². The number of aromatic nitrogens is 1. The Hall–Kier alpha value is -2.04. The smallest absolute Gasteiger partial charge is 0.167 e. The third kappa shape index (κ3) is 3.54. The Morgan fingerprint density at radius 1 is 1.00 bits per heavy atom. The van der Waals surface area contributed by atoms with E-state index in [0.717, 1.165) is 33.2 Å². The molecule has 4 heteroatoms. The lowest BCUT2D eigenvalue weighted by atomic mass is 10.2. The highest BCUT2D eigenvalue weighted by atomic mass is 32.2. The van der Waals surface area contributed by atoms with E-state index in [-0.39, 0.29) is 6.61 Å². The minimum absolute atomic E-state index is 0.0780. The number of aliphatic hydroxyl groups excluding tert-OH is 1. The van der Waals surface area contributed by atoms with Crippen molar-refractivity contribution >= 4 is 11.8 Å². The van der Waals surface area contributed by atoms with E-state index in [9.17, 15) is 0 Å². The summed E-state index contributed by atoms with van der Waals surface area (Å²) in [5.74, 6) is 1.55. The van der Waals surface area contributed by atoms with E-state index >= 15 is 0 Å². The van der Waals surface area contributed by atoms with Gasteiger partial charge in [0.1, 0.15) is 0 Å². The monoisotopic (exact) mass is 297 g/mol. The Balaban J connectivity index is 1.64. The van der Waals surface area contributed by atoms with Gasteiger partial charge in [0.25, 0.3) is 0 Å². The maximum Gasteiger partial charge on any atom is 0.167 e. The summed E-state index contributed by atoms with van der Waals surface area (Å²) in [6.45, 7) is 0.0780. The van der Waals surface area contributed by atoms with Crippen molar-refractivity contribution in [2.24, 2.45) is 0 Å². The Kier molecular flexibility index (Phi) is 4.38. The zero-order valence-electron chi connectivity index (χ0n) is 11.4. The number of hydrogen-bond donors (Lipinski definition) is 1. The molecule has 3 aromatic rings. The molecule has 0 amide bonds. The van der Waals surface area contributed by atoms with Crippen molar-refractivity contribution < 1.29 is 9.63 Å². The average Bonchev–Trinajstić information content (AvgIpc) is 3.03. The number of thioether (sulfide) groups is 1. The van der Waals surface area contributed by atoms with Crippen molar-refractivity contribution in [3.8, 4) is 11.3 Å². The molecule has 0 saturated heterocycles. The lowest BCUT2D eigenvalue weighted by molar-refractivity contribution is 0.282. The first kappa shape index (κ1) is 13.9. The van der Waals surface area contributed by atoms with Crippen LogP contribution in [0, 0.1) is 0 Å². The molecule has 2 aromatic carbocycles. The molecule has 0 radical (unpaired) electrons. The molecule has 0 aliphatic heterocycles. The first-order valence-corrected chi connectivity index (χ1v) is 7.67. The van der Waals surface area contributed by atoms with Gasteiger partial charge >= 0.3 is 0 Å². The molecule has 1 heterocycles. The number of benzene rings is 2. The second-order valence-electron chi connectivity index (χ2n) is 4.64. The fraction of sp³-hybridized carbons (Fsp3) is 0.118. The van der Waals surface area contributed by atoms with Crippen LogP contribution in [0.2, 0.25) is 0 Å². The standard InChI is InChI=1S/C17H15NO2S/c19-11-13-6-8-16(9-7-13)21-12-15-10-17(20-18-15)14-4-2-1-3-5-14/h1-10,19H,11-12H2. The summed E-state index contributed by atoms with van der Waals surface area (Å²) < 4.78 is 5.38. The van der Waals surface area contributed by atoms with Gasteiger partial charge in [0.2, 0.25) is 0 Å². The lowest BCUT2D eigenvalue weighted by Crippen LogP contribution is -1.83. The van der Waals surface area contributed by atoms with Crippen LogP contribution in [-0.4, -0.2) is 10.3 Å². The molecular weight excluding hydrogens is 282 g/mol. The fourth-order valence-electron chi connectivity index (χ4n) is 1.97. The maximum atomic E-state index is 9.02. The Morgan fingerprint density at radius 2 is 1.76 bits per heavy atom. The van der Waals surface area contributed by atoms with Crippen LogP contribution in [0.5, 0.6) is 0 Å². The van der Waals surface area contributed by atoms with Crippen LogP contribution in [-0.2, 0) is 12.4 Å². The first-order chi connectivity index (χ1) is 10.3. The molecule has 0 unspecified atom stereocenters. The number of rotatable bonds is 5. The average molecular weight is 297 g/mol. The third-order valence-corrected chi connectivity index (χ3v) is 4.16. The molecule has 0 aliphatic rings. The highest BCUT2D eigenvalue weighted by Crippen LogP contribution is 2.26. The summed E-state index contributed by atoms with van der Waals surface area (Å²) in [6, 6.07) is 19.8. The van der Waals surface area contributed by atoms with Gasteiger partial charge in [-0.25, -0.2) is 0 Å². The van der Waals surface area contributed by atoms with Crippen molar-refractivity contribution in [2.45, 2.75) is 17.3 Å². The van der Waals surface area contributed by atoms with Crippen molar-refractivity contribution in [3.05, 3.63) is 71.9 Å². The Morgan fingerprint density at radius 3 is 2.48 bits per heavy atom. The van der Waals surface area contributed by atoms with E-state index in [1.807, 2.05) is 60.7 Å². The summed E-state index contributed by atoms with van der Waals surface area (Å²) in [7, 11) is 0. The largest absolute Gasteiger partial charge is 0.392 e. The van der Waals surface area contributed by atoms with Crippen LogP contribution >= 0.6 is 11.8 Å². The van der Waals surface area contributed by atoms with Gasteiger partial charge in [0.15, 0.2) is 5.76 Å². The topological polar surface area (TPSA) is 46.3 Å². The second-order valence-corrected chi connectivity index (χ2v) is 5.69. The first-order valence-electron chi connectivity index (χ1n) is 6.69. The normalized spacial score (nSPS) is 10.7. The van der Waals surface area contributed by atoms with Crippen molar-refractivity contribution in [2.75, 3.05) is 0 Å². The van der Waals surface area contributed by atoms with Gasteiger partial charge in [-0.1, -0.05) is 47.6 Å². The molecule has 0 spiro atoms. The molecule has 1 aromatic heterocycles. The van der Waals surface area contributed by atoms with Gasteiger partial charge in [0, 0.05) is 22.3 Å². The van der Waals surface area contributed by atoms with Gasteiger partial charge in [-0.05, 0) is 17.7 Å². The number of nitrogens with zero attached hydrogens (tertiary/aromatic N) is 1. The van der Waals surface area contributed by atoms with Gasteiger partial charge < -0.3 is 9.63 Å². The molecular formula is C17H15NO2S. The summed E-state index contributed by atoms with van der Waals surface area (Å²) in [5, 5.41) is 13.1. The van der Waals surface area contributed by atoms with Crippen molar-refractivity contribution in [1.82, 2.24) is 5.16 Å². The van der Waals surface area contributed by atoms with E-state index in [1.165, 1.54) is 0 Å². The molecule has 0 atom stereocenters. The maximum absolute atomic E-state index is 9.02. The number of aliphatic hydroxyl groups is 1. The summed E-state index contributed by atoms with van der Waals surface area (Å²) >= 11 is 1.70. The zero-order valence-corrected chi connectivity index (χ0v) is 12.2. The zero-order chi connectivity index (χ0) is 14.5. The quantitative estimate of drug-likeness (QED) is 0.719. The molecule has 0 saturated carbocycles. The van der Waals surface area contributed by atoms with E-state index in [2.05, 4.69) is 5.16 Å². The van der Waals surface area contributed by atoms with Crippen LogP contribution < -0.4 is 0 Å². The van der Waals surface area contributed by atoms with Crippen LogP contribution in [0.1, 0.15) is 11.3 Å². The van der Waals surface area contributed by atoms with E-state index in [0.29, 0.717) is 0 Å². The molecule has 3 nitrogen and oxygen atoms in total. The predicted molar refractivity (Wildman–Crippen MR) is 83.9 cm³/mol. The van der Waals surface area contributed by atoms with Gasteiger partial charge in [-0.15, -0.1) is 11.8 Å². The number of hydrogen-bond acceptors (Lipinski definition) is 4. The van der Waals surface area contributed by atoms with Crippen LogP contribution in [0.15, 0.2) is 70.1 Å². The van der Waals surface area contributed by atoms with E-state index < -0.39 is 0 Å². The molecule has 3 rings (SSSR count). The van der Waals surface area contributed by atoms with Crippen LogP contribution in [0.25, 0.3) is 11.3 Å². The fourth-order valence-corrected chi connectivity index (χ4v) is 2.75. The minimum Gasteiger partial charge on any atom is -0.392 e. The SMILES string of the molecule is OCc1ccc(SCc2cc(-c3ccccc3)on2)cc1. The molecule has 0 aliphatic carbocycles. The van der Waals surface area contributed by atoms with Crippen LogP contribution in [0.4, 0.5) is 0 Å². The molecule has 21 heavy (non-hydrogen) atoms. The second kappa shape index (κ2) is 6.61. The highest BCUT2D eigenvalue weighted by Gasteiger charge is 2.06. The van der Waals surface area contributed by atoms with Gasteiger partial charge in [-0.3, -0.25) is 0 Å². The van der Waals surface area contributed by atoms with Crippen molar-refractivity contribution in [1.29, 1.82) is 0 Å². The van der Waals surface area contributed by atoms with Gasteiger partial charge in [0.05, 0.1) is 12.3 Å². The predicted octanol–water partition coefficient (Wildman–Crippen LogP) is 4.13. The van der Waals surface area contributed by atoms with E-state index in [4.69, 9.17) is 9.63 Å². The summed E-state index contributed by atoms with van der Waals surface area (Å²) in [5.41, 5.74) is 2.88. The molecule has 0 fully saturated rings. The van der Waals surface area contributed by atoms with Gasteiger partial charge in [-0.2, -0.15) is 0 Å². The molecule has 0 bridgehead atoms. The van der Waals surface area contributed by atoms with E-state index in [1.54, 1.807) is 11.8 Å².